The summed E-state index contributed by atoms with van der Waals surface area (Å²) in [6.45, 7) is 1.68. The molecule has 0 bridgehead atoms. The lowest BCUT2D eigenvalue weighted by Gasteiger charge is -2.11. The molecule has 0 saturated carbocycles. The summed E-state index contributed by atoms with van der Waals surface area (Å²) < 4.78 is 24.9. The Hall–Kier alpha value is -1.45. The number of nitriles is 1. The Labute approximate surface area is 88.8 Å². The zero-order valence-electron chi connectivity index (χ0n) is 8.21. The van der Waals surface area contributed by atoms with Gasteiger partial charge < -0.3 is 0 Å². The minimum absolute atomic E-state index is 0.426. The molecule has 0 aliphatic rings. The normalized spacial score (nSPS) is 13.1. The quantitative estimate of drug-likeness (QED) is 0.812. The van der Waals surface area contributed by atoms with Gasteiger partial charge >= 0.3 is 0 Å². The van der Waals surface area contributed by atoms with E-state index in [4.69, 9.17) is 5.26 Å². The van der Waals surface area contributed by atoms with Crippen LogP contribution >= 0.6 is 0 Å². The Balaban J connectivity index is 2.73. The van der Waals surface area contributed by atoms with Gasteiger partial charge in [0.25, 0.3) is 0 Å². The Morgan fingerprint density at radius 2 is 2.33 bits per heavy atom. The molecule has 0 amide bonds. The molecule has 80 valence electrons. The van der Waals surface area contributed by atoms with Crippen LogP contribution in [0.25, 0.3) is 0 Å². The van der Waals surface area contributed by atoms with Gasteiger partial charge in [0.1, 0.15) is 0 Å². The highest BCUT2D eigenvalue weighted by Crippen LogP contribution is 2.09. The van der Waals surface area contributed by atoms with Crippen LogP contribution in [-0.2, 0) is 10.0 Å². The van der Waals surface area contributed by atoms with Crippen LogP contribution in [0.3, 0.4) is 0 Å². The molecule has 15 heavy (non-hydrogen) atoms. The number of aromatic nitrogens is 1. The lowest BCUT2D eigenvalue weighted by Crippen LogP contribution is -2.29. The first-order valence-electron chi connectivity index (χ1n) is 4.33. The molecule has 0 spiro atoms. The van der Waals surface area contributed by atoms with Crippen molar-refractivity contribution in [2.75, 3.05) is 5.75 Å². The summed E-state index contributed by atoms with van der Waals surface area (Å²) in [6.07, 6.45) is 1.59. The highest BCUT2D eigenvalue weighted by Gasteiger charge is 2.15. The minimum Gasteiger partial charge on any atom is -0.260 e. The zero-order chi connectivity index (χ0) is 11.3. The highest BCUT2D eigenvalue weighted by atomic mass is 32.2. The number of nitrogens with one attached hydrogen (secondary N) is 1. The summed E-state index contributed by atoms with van der Waals surface area (Å²) in [6, 6.07) is 6.41. The molecule has 1 N–H and O–H groups in total. The lowest BCUT2D eigenvalue weighted by molar-refractivity contribution is 0.567. The Morgan fingerprint density at radius 1 is 1.60 bits per heavy atom. The van der Waals surface area contributed by atoms with Crippen molar-refractivity contribution < 1.29 is 8.42 Å². The SMILES string of the molecule is CC(NS(=O)(=O)CC#N)c1ccccn1. The molecule has 1 unspecified atom stereocenters. The van der Waals surface area contributed by atoms with Crippen LogP contribution in [0.5, 0.6) is 0 Å². The first-order chi connectivity index (χ1) is 7.05. The van der Waals surface area contributed by atoms with E-state index in [0.29, 0.717) is 5.69 Å². The van der Waals surface area contributed by atoms with Gasteiger partial charge in [-0.15, -0.1) is 0 Å². The summed E-state index contributed by atoms with van der Waals surface area (Å²) in [7, 11) is -3.53. The first kappa shape index (κ1) is 11.6. The van der Waals surface area contributed by atoms with Crippen molar-refractivity contribution in [3.63, 3.8) is 0 Å². The average Bonchev–Trinajstić information content (AvgIpc) is 2.18. The van der Waals surface area contributed by atoms with Gasteiger partial charge in [-0.05, 0) is 19.1 Å². The highest BCUT2D eigenvalue weighted by molar-refractivity contribution is 7.89. The monoisotopic (exact) mass is 225 g/mol. The van der Waals surface area contributed by atoms with Gasteiger partial charge in [0, 0.05) is 6.20 Å². The molecular formula is C9H11N3O2S. The Kier molecular flexibility index (Phi) is 3.77. The van der Waals surface area contributed by atoms with E-state index in [1.165, 1.54) is 0 Å². The topological polar surface area (TPSA) is 82.9 Å². The number of rotatable bonds is 4. The maximum atomic E-state index is 11.3. The minimum atomic E-state index is -3.53. The van der Waals surface area contributed by atoms with Gasteiger partial charge in [0.05, 0.1) is 17.8 Å². The van der Waals surface area contributed by atoms with Gasteiger partial charge in [-0.25, -0.2) is 13.1 Å². The van der Waals surface area contributed by atoms with Crippen LogP contribution < -0.4 is 4.72 Å². The van der Waals surface area contributed by atoms with Gasteiger partial charge in [0.2, 0.25) is 10.0 Å². The third-order valence-electron chi connectivity index (χ3n) is 1.74. The second-order valence-electron chi connectivity index (χ2n) is 3.01. The van der Waals surface area contributed by atoms with Crippen molar-refractivity contribution in [1.29, 1.82) is 5.26 Å². The molecular weight excluding hydrogens is 214 g/mol. The van der Waals surface area contributed by atoms with Crippen LogP contribution in [0.15, 0.2) is 24.4 Å². The Bertz CT molecular complexity index is 450. The largest absolute Gasteiger partial charge is 0.260 e. The Morgan fingerprint density at radius 3 is 2.87 bits per heavy atom. The summed E-state index contributed by atoms with van der Waals surface area (Å²) in [5.74, 6) is -0.538. The maximum Gasteiger partial charge on any atom is 0.225 e. The van der Waals surface area contributed by atoms with Crippen molar-refractivity contribution in [3.8, 4) is 6.07 Å². The van der Waals surface area contributed by atoms with E-state index in [9.17, 15) is 8.42 Å². The summed E-state index contributed by atoms with van der Waals surface area (Å²) in [5.41, 5.74) is 0.624. The molecule has 1 rings (SSSR count). The van der Waals surface area contributed by atoms with E-state index in [1.807, 2.05) is 0 Å². The summed E-state index contributed by atoms with van der Waals surface area (Å²) in [5, 5.41) is 8.30. The fraction of sp³-hybridized carbons (Fsp3) is 0.333. The van der Waals surface area contributed by atoms with Gasteiger partial charge in [-0.2, -0.15) is 5.26 Å². The number of hydrogen-bond acceptors (Lipinski definition) is 4. The molecule has 0 aromatic carbocycles. The predicted molar refractivity (Wildman–Crippen MR) is 55.2 cm³/mol. The predicted octanol–water partition coefficient (Wildman–Crippen LogP) is 0.586. The molecule has 1 aromatic rings. The fourth-order valence-electron chi connectivity index (χ4n) is 1.09. The van der Waals surface area contributed by atoms with E-state index in [1.54, 1.807) is 37.4 Å². The standard InChI is InChI=1S/C9H11N3O2S/c1-8(9-4-2-3-6-11-9)12-15(13,14)7-5-10/h2-4,6,8,12H,7H2,1H3. The number of pyridine rings is 1. The average molecular weight is 225 g/mol. The number of nitrogens with zero attached hydrogens (tertiary/aromatic N) is 2. The fourth-order valence-corrected chi connectivity index (χ4v) is 2.00. The van der Waals surface area contributed by atoms with Crippen molar-refractivity contribution in [2.45, 2.75) is 13.0 Å². The van der Waals surface area contributed by atoms with Crippen LogP contribution in [0.4, 0.5) is 0 Å². The van der Waals surface area contributed by atoms with Crippen LogP contribution in [-0.4, -0.2) is 19.2 Å². The van der Waals surface area contributed by atoms with E-state index in [2.05, 4.69) is 9.71 Å². The van der Waals surface area contributed by atoms with Gasteiger partial charge in [-0.3, -0.25) is 4.98 Å². The molecule has 0 aliphatic heterocycles. The van der Waals surface area contributed by atoms with Crippen molar-refractivity contribution in [3.05, 3.63) is 30.1 Å². The molecule has 0 fully saturated rings. The number of hydrogen-bond donors (Lipinski definition) is 1. The second-order valence-corrected chi connectivity index (χ2v) is 4.77. The molecule has 1 heterocycles. The van der Waals surface area contributed by atoms with Crippen molar-refractivity contribution in [1.82, 2.24) is 9.71 Å². The van der Waals surface area contributed by atoms with Gasteiger partial charge in [0.15, 0.2) is 5.75 Å². The van der Waals surface area contributed by atoms with E-state index >= 15 is 0 Å². The van der Waals surface area contributed by atoms with E-state index in [-0.39, 0.29) is 0 Å². The molecule has 1 aromatic heterocycles. The first-order valence-corrected chi connectivity index (χ1v) is 5.98. The summed E-state index contributed by atoms with van der Waals surface area (Å²) in [4.78, 5) is 4.01. The molecule has 0 radical (unpaired) electrons. The molecule has 0 aliphatic carbocycles. The van der Waals surface area contributed by atoms with Crippen molar-refractivity contribution >= 4 is 10.0 Å². The molecule has 5 nitrogen and oxygen atoms in total. The molecule has 0 saturated heterocycles. The second kappa shape index (κ2) is 4.87. The number of sulfonamides is 1. The third kappa shape index (κ3) is 3.65. The van der Waals surface area contributed by atoms with E-state index in [0.717, 1.165) is 0 Å². The van der Waals surface area contributed by atoms with Crippen LogP contribution in [0.2, 0.25) is 0 Å². The summed E-state index contributed by atoms with van der Waals surface area (Å²) >= 11 is 0. The molecule has 6 heteroatoms. The van der Waals surface area contributed by atoms with Crippen molar-refractivity contribution in [2.24, 2.45) is 0 Å². The molecule has 1 atom stereocenters. The lowest BCUT2D eigenvalue weighted by atomic mass is 10.2. The van der Waals surface area contributed by atoms with Gasteiger partial charge in [-0.1, -0.05) is 6.07 Å². The third-order valence-corrected chi connectivity index (χ3v) is 2.96. The van der Waals surface area contributed by atoms with Crippen LogP contribution in [0.1, 0.15) is 18.7 Å². The maximum absolute atomic E-state index is 11.3. The van der Waals surface area contributed by atoms with Crippen LogP contribution in [0, 0.1) is 11.3 Å². The van der Waals surface area contributed by atoms with E-state index < -0.39 is 21.8 Å². The zero-order valence-corrected chi connectivity index (χ0v) is 9.03. The smallest absolute Gasteiger partial charge is 0.225 e.